The van der Waals surface area contributed by atoms with Crippen molar-refractivity contribution in [2.24, 2.45) is 12.5 Å². The van der Waals surface area contributed by atoms with Crippen LogP contribution >= 0.6 is 0 Å². The van der Waals surface area contributed by atoms with E-state index in [1.807, 2.05) is 11.9 Å². The maximum atomic E-state index is 12.5. The van der Waals surface area contributed by atoms with Gasteiger partial charge in [-0.3, -0.25) is 9.48 Å². The summed E-state index contributed by atoms with van der Waals surface area (Å²) in [5, 5.41) is 7.72. The second kappa shape index (κ2) is 6.52. The van der Waals surface area contributed by atoms with Crippen molar-refractivity contribution in [1.29, 1.82) is 0 Å². The summed E-state index contributed by atoms with van der Waals surface area (Å²) in [5.74, 6) is 0.179. The van der Waals surface area contributed by atoms with Crippen molar-refractivity contribution in [3.8, 4) is 0 Å². The van der Waals surface area contributed by atoms with Gasteiger partial charge in [-0.05, 0) is 30.2 Å². The van der Waals surface area contributed by atoms with Crippen LogP contribution in [0.25, 0.3) is 0 Å². The zero-order chi connectivity index (χ0) is 16.3. The number of carbonyl (C=O) groups is 1. The third-order valence-electron chi connectivity index (χ3n) is 4.91. The molecular formula is C18H24N4O. The highest BCUT2D eigenvalue weighted by molar-refractivity contribution is 5.78. The third kappa shape index (κ3) is 3.78. The monoisotopic (exact) mass is 312 g/mol. The van der Waals surface area contributed by atoms with E-state index in [1.54, 1.807) is 10.9 Å². The van der Waals surface area contributed by atoms with Gasteiger partial charge in [-0.25, -0.2) is 0 Å². The number of hydrogen-bond donors (Lipinski definition) is 0. The lowest BCUT2D eigenvalue weighted by Crippen LogP contribution is -2.32. The molecule has 0 N–H and O–H groups in total. The van der Waals surface area contributed by atoms with E-state index in [1.165, 1.54) is 5.56 Å². The Morgan fingerprint density at radius 1 is 1.30 bits per heavy atom. The van der Waals surface area contributed by atoms with Crippen molar-refractivity contribution >= 4 is 5.91 Å². The molecule has 0 radical (unpaired) electrons. The zero-order valence-electron chi connectivity index (χ0n) is 13.9. The standard InChI is InChI=1S/C18H24N4O/c1-18(9-8-15-6-4-3-5-7-15)10-11-22(14-18)17(23)12-16-13-19-20-21(16)2/h3-7,13H,8-12,14H2,1-2H3. The van der Waals surface area contributed by atoms with Crippen LogP contribution in [0.4, 0.5) is 0 Å². The van der Waals surface area contributed by atoms with Crippen LogP contribution in [0.5, 0.6) is 0 Å². The molecule has 0 spiro atoms. The number of carbonyl (C=O) groups excluding carboxylic acids is 1. The molecule has 23 heavy (non-hydrogen) atoms. The summed E-state index contributed by atoms with van der Waals surface area (Å²) in [5.41, 5.74) is 2.46. The number of nitrogens with zero attached hydrogens (tertiary/aromatic N) is 4. The minimum absolute atomic E-state index is 0.179. The van der Waals surface area contributed by atoms with E-state index in [2.05, 4.69) is 47.6 Å². The predicted molar refractivity (Wildman–Crippen MR) is 88.8 cm³/mol. The Labute approximate surface area is 137 Å². The lowest BCUT2D eigenvalue weighted by Gasteiger charge is -2.24. The fraction of sp³-hybridized carbons (Fsp3) is 0.500. The van der Waals surface area contributed by atoms with Crippen LogP contribution in [-0.4, -0.2) is 38.9 Å². The van der Waals surface area contributed by atoms with Gasteiger partial charge in [0.2, 0.25) is 5.91 Å². The van der Waals surface area contributed by atoms with Gasteiger partial charge in [0, 0.05) is 20.1 Å². The first-order chi connectivity index (χ1) is 11.1. The topological polar surface area (TPSA) is 51.0 Å². The highest BCUT2D eigenvalue weighted by Crippen LogP contribution is 2.34. The molecule has 1 fully saturated rings. The van der Waals surface area contributed by atoms with E-state index < -0.39 is 0 Å². The minimum Gasteiger partial charge on any atom is -0.342 e. The van der Waals surface area contributed by atoms with Crippen LogP contribution in [-0.2, 0) is 24.7 Å². The highest BCUT2D eigenvalue weighted by Gasteiger charge is 2.35. The first-order valence-corrected chi connectivity index (χ1v) is 8.21. The molecule has 122 valence electrons. The number of aromatic nitrogens is 3. The Hall–Kier alpha value is -2.17. The SMILES string of the molecule is Cn1nncc1CC(=O)N1CCC(C)(CCc2ccccc2)C1. The number of likely N-dealkylation sites (tertiary alicyclic amines) is 1. The average Bonchev–Trinajstić information content (AvgIpc) is 3.14. The Kier molecular flexibility index (Phi) is 4.46. The quantitative estimate of drug-likeness (QED) is 0.851. The van der Waals surface area contributed by atoms with E-state index in [4.69, 9.17) is 0 Å². The van der Waals surface area contributed by atoms with Crippen molar-refractivity contribution in [1.82, 2.24) is 19.9 Å². The molecule has 0 saturated carbocycles. The molecule has 5 nitrogen and oxygen atoms in total. The smallest absolute Gasteiger partial charge is 0.228 e. The van der Waals surface area contributed by atoms with Gasteiger partial charge < -0.3 is 4.90 Å². The number of hydrogen-bond acceptors (Lipinski definition) is 3. The first-order valence-electron chi connectivity index (χ1n) is 8.21. The fourth-order valence-electron chi connectivity index (χ4n) is 3.27. The average molecular weight is 312 g/mol. The second-order valence-corrected chi connectivity index (χ2v) is 6.89. The number of aryl methyl sites for hydroxylation is 2. The Morgan fingerprint density at radius 3 is 2.78 bits per heavy atom. The van der Waals surface area contributed by atoms with Crippen LogP contribution in [0.1, 0.15) is 31.0 Å². The van der Waals surface area contributed by atoms with E-state index in [0.29, 0.717) is 6.42 Å². The van der Waals surface area contributed by atoms with Gasteiger partial charge >= 0.3 is 0 Å². The molecule has 2 heterocycles. The van der Waals surface area contributed by atoms with E-state index in [9.17, 15) is 4.79 Å². The summed E-state index contributed by atoms with van der Waals surface area (Å²) >= 11 is 0. The van der Waals surface area contributed by atoms with Crippen molar-refractivity contribution < 1.29 is 4.79 Å². The van der Waals surface area contributed by atoms with Crippen molar-refractivity contribution in [2.45, 2.75) is 32.6 Å². The number of rotatable bonds is 5. The molecule has 5 heteroatoms. The molecule has 0 bridgehead atoms. The zero-order valence-corrected chi connectivity index (χ0v) is 13.9. The largest absolute Gasteiger partial charge is 0.342 e. The Morgan fingerprint density at radius 2 is 2.09 bits per heavy atom. The molecule has 1 unspecified atom stereocenters. The molecule has 1 amide bonds. The summed E-state index contributed by atoms with van der Waals surface area (Å²) in [4.78, 5) is 14.5. The van der Waals surface area contributed by atoms with Gasteiger partial charge in [0.25, 0.3) is 0 Å². The van der Waals surface area contributed by atoms with Crippen LogP contribution in [0, 0.1) is 5.41 Å². The summed E-state index contributed by atoms with van der Waals surface area (Å²) < 4.78 is 1.67. The number of amides is 1. The highest BCUT2D eigenvalue weighted by atomic mass is 16.2. The molecule has 1 aliphatic heterocycles. The number of benzene rings is 1. The van der Waals surface area contributed by atoms with Gasteiger partial charge in [0.15, 0.2) is 0 Å². The lowest BCUT2D eigenvalue weighted by molar-refractivity contribution is -0.129. The molecule has 1 atom stereocenters. The maximum absolute atomic E-state index is 12.5. The lowest BCUT2D eigenvalue weighted by atomic mass is 9.83. The Bertz CT molecular complexity index is 667. The van der Waals surface area contributed by atoms with Gasteiger partial charge in [-0.1, -0.05) is 42.5 Å². The third-order valence-corrected chi connectivity index (χ3v) is 4.91. The van der Waals surface area contributed by atoms with Crippen molar-refractivity contribution in [3.05, 3.63) is 47.8 Å². The van der Waals surface area contributed by atoms with Crippen molar-refractivity contribution in [2.75, 3.05) is 13.1 Å². The molecule has 1 saturated heterocycles. The molecule has 1 aliphatic rings. The van der Waals surface area contributed by atoms with Crippen LogP contribution in [0.2, 0.25) is 0 Å². The molecule has 1 aromatic heterocycles. The normalized spacial score (nSPS) is 20.9. The summed E-state index contributed by atoms with van der Waals surface area (Å²) in [6.45, 7) is 4.01. The summed E-state index contributed by atoms with van der Waals surface area (Å²) in [7, 11) is 1.82. The summed E-state index contributed by atoms with van der Waals surface area (Å²) in [6.07, 6.45) is 5.33. The molecule has 2 aromatic rings. The van der Waals surface area contributed by atoms with Crippen LogP contribution < -0.4 is 0 Å². The minimum atomic E-state index is 0.179. The molecule has 3 rings (SSSR count). The molecule has 0 aliphatic carbocycles. The second-order valence-electron chi connectivity index (χ2n) is 6.89. The van der Waals surface area contributed by atoms with Gasteiger partial charge in [-0.15, -0.1) is 5.10 Å². The van der Waals surface area contributed by atoms with E-state index in [0.717, 1.165) is 38.0 Å². The maximum Gasteiger partial charge on any atom is 0.228 e. The molecule has 1 aromatic carbocycles. The van der Waals surface area contributed by atoms with E-state index >= 15 is 0 Å². The fourth-order valence-corrected chi connectivity index (χ4v) is 3.27. The predicted octanol–water partition coefficient (Wildman–Crippen LogP) is 2.23. The first kappa shape index (κ1) is 15.7. The van der Waals surface area contributed by atoms with Gasteiger partial charge in [-0.2, -0.15) is 0 Å². The van der Waals surface area contributed by atoms with Crippen molar-refractivity contribution in [3.63, 3.8) is 0 Å². The van der Waals surface area contributed by atoms with Crippen LogP contribution in [0.3, 0.4) is 0 Å². The molecular weight excluding hydrogens is 288 g/mol. The Balaban J connectivity index is 1.54. The van der Waals surface area contributed by atoms with E-state index in [-0.39, 0.29) is 11.3 Å². The van der Waals surface area contributed by atoms with Gasteiger partial charge in [0.05, 0.1) is 18.3 Å². The van der Waals surface area contributed by atoms with Gasteiger partial charge in [0.1, 0.15) is 0 Å². The van der Waals surface area contributed by atoms with Crippen LogP contribution in [0.15, 0.2) is 36.5 Å². The summed E-state index contributed by atoms with van der Waals surface area (Å²) in [6, 6.07) is 10.6.